The molecule has 1 aromatic carbocycles. The van der Waals surface area contributed by atoms with Gasteiger partial charge in [0.05, 0.1) is 12.6 Å². The lowest BCUT2D eigenvalue weighted by Gasteiger charge is -2.35. The summed E-state index contributed by atoms with van der Waals surface area (Å²) >= 11 is 0. The van der Waals surface area contributed by atoms with E-state index < -0.39 is 6.10 Å². The van der Waals surface area contributed by atoms with Gasteiger partial charge >= 0.3 is 0 Å². The van der Waals surface area contributed by atoms with E-state index in [9.17, 15) is 9.50 Å². The number of hydrogen-bond donors (Lipinski definition) is 1. The molecule has 6 heteroatoms. The van der Waals surface area contributed by atoms with Crippen LogP contribution in [0, 0.1) is 5.82 Å². The quantitative estimate of drug-likeness (QED) is 0.877. The predicted molar refractivity (Wildman–Crippen MR) is 91.0 cm³/mol. The van der Waals surface area contributed by atoms with Crippen molar-refractivity contribution in [2.24, 2.45) is 0 Å². The Kier molecular flexibility index (Phi) is 5.60. The van der Waals surface area contributed by atoms with Crippen molar-refractivity contribution >= 4 is 0 Å². The maximum atomic E-state index is 13.3. The summed E-state index contributed by atoms with van der Waals surface area (Å²) in [5.74, 6) is 0.800. The minimum absolute atomic E-state index is 0.303. The second-order valence-electron chi connectivity index (χ2n) is 6.28. The van der Waals surface area contributed by atoms with Crippen LogP contribution in [0.1, 0.15) is 24.4 Å². The molecule has 1 N–H and O–H groups in total. The summed E-state index contributed by atoms with van der Waals surface area (Å²) in [6.07, 6.45) is 3.22. The van der Waals surface area contributed by atoms with Crippen LogP contribution in [-0.4, -0.2) is 57.2 Å². The Labute approximate surface area is 142 Å². The Morgan fingerprint density at radius 3 is 2.67 bits per heavy atom. The van der Waals surface area contributed by atoms with E-state index >= 15 is 0 Å². The first-order valence-corrected chi connectivity index (χ1v) is 8.54. The van der Waals surface area contributed by atoms with Crippen molar-refractivity contribution in [3.8, 4) is 0 Å². The van der Waals surface area contributed by atoms with Crippen molar-refractivity contribution in [3.05, 3.63) is 53.9 Å². The summed E-state index contributed by atoms with van der Waals surface area (Å²) in [7, 11) is 0. The Morgan fingerprint density at radius 2 is 1.96 bits per heavy atom. The molecule has 0 bridgehead atoms. The Morgan fingerprint density at radius 1 is 1.21 bits per heavy atom. The highest BCUT2D eigenvalue weighted by molar-refractivity contribution is 5.19. The molecular formula is C18H25FN4O. The van der Waals surface area contributed by atoms with E-state index in [1.807, 2.05) is 12.4 Å². The van der Waals surface area contributed by atoms with Gasteiger partial charge in [0.25, 0.3) is 0 Å². The lowest BCUT2D eigenvalue weighted by molar-refractivity contribution is 0.0687. The topological polar surface area (TPSA) is 44.5 Å². The maximum absolute atomic E-state index is 13.3. The van der Waals surface area contributed by atoms with Gasteiger partial charge in [0, 0.05) is 51.7 Å². The summed E-state index contributed by atoms with van der Waals surface area (Å²) < 4.78 is 15.4. The van der Waals surface area contributed by atoms with E-state index in [-0.39, 0.29) is 5.82 Å². The highest BCUT2D eigenvalue weighted by Crippen LogP contribution is 2.17. The molecule has 1 aliphatic rings. The van der Waals surface area contributed by atoms with Crippen molar-refractivity contribution in [1.82, 2.24) is 19.4 Å². The standard InChI is InChI=1S/C18H25FN4O/c1-2-23-7-6-20-18(23)14-22-10-8-21(9-11-22)13-17(24)15-4-3-5-16(19)12-15/h3-7,12,17,24H,2,8-11,13-14H2,1H3/t17-/m1/s1. The Hall–Kier alpha value is -1.76. The maximum Gasteiger partial charge on any atom is 0.123 e. The Balaban J connectivity index is 1.48. The number of nitrogens with zero attached hydrogens (tertiary/aromatic N) is 4. The van der Waals surface area contributed by atoms with Crippen molar-refractivity contribution in [1.29, 1.82) is 0 Å². The smallest absolute Gasteiger partial charge is 0.123 e. The number of rotatable bonds is 6. The number of aliphatic hydroxyl groups is 1. The zero-order valence-electron chi connectivity index (χ0n) is 14.1. The van der Waals surface area contributed by atoms with Gasteiger partial charge in [-0.05, 0) is 24.6 Å². The molecule has 0 saturated carbocycles. The third kappa shape index (κ3) is 4.20. The molecule has 0 amide bonds. The van der Waals surface area contributed by atoms with Crippen molar-refractivity contribution in [3.63, 3.8) is 0 Å². The van der Waals surface area contributed by atoms with Gasteiger partial charge < -0.3 is 9.67 Å². The van der Waals surface area contributed by atoms with Crippen LogP contribution in [-0.2, 0) is 13.1 Å². The summed E-state index contributed by atoms with van der Waals surface area (Å²) in [5.41, 5.74) is 0.641. The van der Waals surface area contributed by atoms with E-state index in [1.165, 1.54) is 12.1 Å². The Bertz CT molecular complexity index is 652. The minimum Gasteiger partial charge on any atom is -0.387 e. The summed E-state index contributed by atoms with van der Waals surface area (Å²) in [5, 5.41) is 10.3. The van der Waals surface area contributed by atoms with Gasteiger partial charge in [-0.15, -0.1) is 0 Å². The molecular weight excluding hydrogens is 307 g/mol. The molecule has 2 aromatic rings. The number of piperazine rings is 1. The number of benzene rings is 1. The van der Waals surface area contributed by atoms with Gasteiger partial charge in [-0.3, -0.25) is 9.80 Å². The third-order valence-electron chi connectivity index (χ3n) is 4.64. The van der Waals surface area contributed by atoms with Gasteiger partial charge in [0.15, 0.2) is 0 Å². The highest BCUT2D eigenvalue weighted by atomic mass is 19.1. The molecule has 24 heavy (non-hydrogen) atoms. The second kappa shape index (κ2) is 7.88. The van der Waals surface area contributed by atoms with Gasteiger partial charge in [-0.25, -0.2) is 9.37 Å². The largest absolute Gasteiger partial charge is 0.387 e. The fourth-order valence-electron chi connectivity index (χ4n) is 3.17. The average molecular weight is 332 g/mol. The number of β-amino-alcohol motifs (C(OH)–C–C–N with tert-alkyl or cyclic N) is 1. The number of halogens is 1. The lowest BCUT2D eigenvalue weighted by atomic mass is 10.1. The van der Waals surface area contributed by atoms with Crippen LogP contribution >= 0.6 is 0 Å². The van der Waals surface area contributed by atoms with Gasteiger partial charge in [0.1, 0.15) is 11.6 Å². The molecule has 2 heterocycles. The first-order valence-electron chi connectivity index (χ1n) is 8.54. The highest BCUT2D eigenvalue weighted by Gasteiger charge is 2.21. The molecule has 130 valence electrons. The first-order chi connectivity index (χ1) is 11.7. The fraction of sp³-hybridized carbons (Fsp3) is 0.500. The molecule has 0 unspecified atom stereocenters. The SMILES string of the molecule is CCn1ccnc1CN1CCN(C[C@@H](O)c2cccc(F)c2)CC1. The van der Waals surface area contributed by atoms with Crippen molar-refractivity contribution in [2.45, 2.75) is 26.1 Å². The number of aliphatic hydroxyl groups excluding tert-OH is 1. The molecule has 3 rings (SSSR count). The van der Waals surface area contributed by atoms with Crippen LogP contribution in [0.2, 0.25) is 0 Å². The monoisotopic (exact) mass is 332 g/mol. The normalized spacial score (nSPS) is 18.0. The zero-order valence-corrected chi connectivity index (χ0v) is 14.1. The zero-order chi connectivity index (χ0) is 16.9. The lowest BCUT2D eigenvalue weighted by Crippen LogP contribution is -2.47. The van der Waals surface area contributed by atoms with E-state index in [0.29, 0.717) is 12.1 Å². The van der Waals surface area contributed by atoms with Gasteiger partial charge in [-0.1, -0.05) is 12.1 Å². The van der Waals surface area contributed by atoms with Crippen molar-refractivity contribution < 1.29 is 9.50 Å². The fourth-order valence-corrected chi connectivity index (χ4v) is 3.17. The van der Waals surface area contributed by atoms with Crippen LogP contribution in [0.25, 0.3) is 0 Å². The van der Waals surface area contributed by atoms with Crippen LogP contribution in [0.3, 0.4) is 0 Å². The summed E-state index contributed by atoms with van der Waals surface area (Å²) in [6.45, 7) is 8.17. The van der Waals surface area contributed by atoms with Crippen LogP contribution in [0.5, 0.6) is 0 Å². The molecule has 5 nitrogen and oxygen atoms in total. The first kappa shape index (κ1) is 17.1. The van der Waals surface area contributed by atoms with Crippen LogP contribution < -0.4 is 0 Å². The molecule has 1 aliphatic heterocycles. The second-order valence-corrected chi connectivity index (χ2v) is 6.28. The third-order valence-corrected chi connectivity index (χ3v) is 4.64. The molecule has 1 fully saturated rings. The van der Waals surface area contributed by atoms with E-state index in [4.69, 9.17) is 0 Å². The molecule has 1 atom stereocenters. The molecule has 1 aromatic heterocycles. The number of aromatic nitrogens is 2. The number of aryl methyl sites for hydroxylation is 1. The van der Waals surface area contributed by atoms with Crippen LogP contribution in [0.4, 0.5) is 4.39 Å². The van der Waals surface area contributed by atoms with E-state index in [2.05, 4.69) is 26.3 Å². The number of imidazole rings is 1. The molecule has 0 spiro atoms. The molecule has 0 aliphatic carbocycles. The summed E-state index contributed by atoms with van der Waals surface area (Å²) in [4.78, 5) is 9.05. The van der Waals surface area contributed by atoms with E-state index in [1.54, 1.807) is 12.1 Å². The molecule has 1 saturated heterocycles. The average Bonchev–Trinajstić information content (AvgIpc) is 3.04. The number of hydrogen-bond acceptors (Lipinski definition) is 4. The minimum atomic E-state index is -0.647. The predicted octanol–water partition coefficient (Wildman–Crippen LogP) is 1.89. The summed E-state index contributed by atoms with van der Waals surface area (Å²) in [6, 6.07) is 6.22. The van der Waals surface area contributed by atoms with E-state index in [0.717, 1.165) is 45.1 Å². The van der Waals surface area contributed by atoms with Gasteiger partial charge in [0.2, 0.25) is 0 Å². The molecule has 0 radical (unpaired) electrons. The van der Waals surface area contributed by atoms with Crippen LogP contribution in [0.15, 0.2) is 36.7 Å². The van der Waals surface area contributed by atoms with Gasteiger partial charge in [-0.2, -0.15) is 0 Å². The van der Waals surface area contributed by atoms with Crippen molar-refractivity contribution in [2.75, 3.05) is 32.7 Å².